The number of nitrogens with two attached hydrogens (primary N) is 1. The van der Waals surface area contributed by atoms with E-state index in [-0.39, 0.29) is 18.0 Å². The van der Waals surface area contributed by atoms with E-state index in [2.05, 4.69) is 13.8 Å². The molecule has 16 heavy (non-hydrogen) atoms. The van der Waals surface area contributed by atoms with Gasteiger partial charge in [0.25, 0.3) is 0 Å². The van der Waals surface area contributed by atoms with Gasteiger partial charge in [-0.15, -0.1) is 12.4 Å². The zero-order chi connectivity index (χ0) is 11.4. The SMILES string of the molecule is CC(C)CC[C@@H](N)c1cccc(F)c1F.Cl. The Balaban J connectivity index is 0.00000225. The van der Waals surface area contributed by atoms with Gasteiger partial charge >= 0.3 is 0 Å². The van der Waals surface area contributed by atoms with Crippen LogP contribution in [0.15, 0.2) is 18.2 Å². The highest BCUT2D eigenvalue weighted by atomic mass is 35.5. The van der Waals surface area contributed by atoms with Crippen LogP contribution in [-0.2, 0) is 0 Å². The van der Waals surface area contributed by atoms with E-state index in [0.717, 1.165) is 12.5 Å². The van der Waals surface area contributed by atoms with Crippen molar-refractivity contribution in [3.63, 3.8) is 0 Å². The standard InChI is InChI=1S/C12H17F2N.ClH/c1-8(2)6-7-11(15)9-4-3-5-10(13)12(9)14;/h3-5,8,11H,6-7,15H2,1-2H3;1H/t11-;/m1./s1. The molecule has 0 heterocycles. The molecule has 92 valence electrons. The lowest BCUT2D eigenvalue weighted by molar-refractivity contribution is 0.463. The molecule has 1 rings (SSSR count). The second kappa shape index (κ2) is 6.81. The Kier molecular flexibility index (Phi) is 6.53. The molecule has 0 aliphatic rings. The molecule has 2 N–H and O–H groups in total. The van der Waals surface area contributed by atoms with Crippen LogP contribution in [0.2, 0.25) is 0 Å². The summed E-state index contributed by atoms with van der Waals surface area (Å²) in [5.41, 5.74) is 6.08. The summed E-state index contributed by atoms with van der Waals surface area (Å²) in [6.45, 7) is 4.16. The number of hydrogen-bond donors (Lipinski definition) is 1. The summed E-state index contributed by atoms with van der Waals surface area (Å²) in [4.78, 5) is 0. The zero-order valence-corrected chi connectivity index (χ0v) is 10.4. The molecule has 0 spiro atoms. The predicted octanol–water partition coefficient (Wildman–Crippen LogP) is 3.82. The third-order valence-electron chi connectivity index (χ3n) is 2.44. The number of rotatable bonds is 4. The summed E-state index contributed by atoms with van der Waals surface area (Å²) in [6.07, 6.45) is 1.59. The van der Waals surface area contributed by atoms with Crippen molar-refractivity contribution in [1.82, 2.24) is 0 Å². The molecule has 4 heteroatoms. The Morgan fingerprint density at radius 2 is 1.81 bits per heavy atom. The molecule has 0 aliphatic heterocycles. The minimum atomic E-state index is -0.826. The van der Waals surface area contributed by atoms with E-state index < -0.39 is 17.7 Å². The van der Waals surface area contributed by atoms with Gasteiger partial charge in [-0.2, -0.15) is 0 Å². The van der Waals surface area contributed by atoms with Crippen LogP contribution in [-0.4, -0.2) is 0 Å². The van der Waals surface area contributed by atoms with Crippen LogP contribution in [0, 0.1) is 17.6 Å². The minimum Gasteiger partial charge on any atom is -0.324 e. The Morgan fingerprint density at radius 3 is 2.38 bits per heavy atom. The molecule has 0 bridgehead atoms. The normalized spacial score (nSPS) is 12.4. The van der Waals surface area contributed by atoms with Gasteiger partial charge in [-0.05, 0) is 24.8 Å². The summed E-state index contributed by atoms with van der Waals surface area (Å²) in [7, 11) is 0. The van der Waals surface area contributed by atoms with E-state index in [0.29, 0.717) is 12.3 Å². The number of benzene rings is 1. The van der Waals surface area contributed by atoms with Crippen LogP contribution in [0.4, 0.5) is 8.78 Å². The van der Waals surface area contributed by atoms with Crippen LogP contribution >= 0.6 is 12.4 Å². The molecule has 0 fully saturated rings. The molecule has 1 aromatic carbocycles. The van der Waals surface area contributed by atoms with Crippen molar-refractivity contribution in [2.75, 3.05) is 0 Å². The predicted molar refractivity (Wildman–Crippen MR) is 64.6 cm³/mol. The van der Waals surface area contributed by atoms with Gasteiger partial charge in [-0.3, -0.25) is 0 Å². The third kappa shape index (κ3) is 4.06. The molecule has 0 unspecified atom stereocenters. The van der Waals surface area contributed by atoms with E-state index in [1.165, 1.54) is 6.07 Å². The highest BCUT2D eigenvalue weighted by Crippen LogP contribution is 2.22. The van der Waals surface area contributed by atoms with Crippen molar-refractivity contribution < 1.29 is 8.78 Å². The first-order valence-corrected chi connectivity index (χ1v) is 5.22. The van der Waals surface area contributed by atoms with Gasteiger partial charge in [-0.25, -0.2) is 8.78 Å². The summed E-state index contributed by atoms with van der Waals surface area (Å²) >= 11 is 0. The lowest BCUT2D eigenvalue weighted by Gasteiger charge is -2.14. The van der Waals surface area contributed by atoms with E-state index in [1.54, 1.807) is 6.07 Å². The second-order valence-electron chi connectivity index (χ2n) is 4.22. The smallest absolute Gasteiger partial charge is 0.163 e. The first-order chi connectivity index (χ1) is 7.02. The minimum absolute atomic E-state index is 0. The Labute approximate surface area is 101 Å². The van der Waals surface area contributed by atoms with Gasteiger partial charge in [0, 0.05) is 11.6 Å². The fourth-order valence-corrected chi connectivity index (χ4v) is 1.48. The van der Waals surface area contributed by atoms with Crippen LogP contribution in [0.1, 0.15) is 38.3 Å². The van der Waals surface area contributed by atoms with Crippen LogP contribution in [0.5, 0.6) is 0 Å². The van der Waals surface area contributed by atoms with E-state index in [1.807, 2.05) is 0 Å². The van der Waals surface area contributed by atoms with Gasteiger partial charge in [0.15, 0.2) is 11.6 Å². The van der Waals surface area contributed by atoms with Crippen molar-refractivity contribution in [3.05, 3.63) is 35.4 Å². The monoisotopic (exact) mass is 249 g/mol. The van der Waals surface area contributed by atoms with Crippen LogP contribution in [0.3, 0.4) is 0 Å². The number of hydrogen-bond acceptors (Lipinski definition) is 1. The first-order valence-electron chi connectivity index (χ1n) is 5.22. The highest BCUT2D eigenvalue weighted by Gasteiger charge is 2.14. The zero-order valence-electron chi connectivity index (χ0n) is 9.54. The van der Waals surface area contributed by atoms with Crippen molar-refractivity contribution >= 4 is 12.4 Å². The van der Waals surface area contributed by atoms with Gasteiger partial charge in [0.1, 0.15) is 0 Å². The molecular formula is C12H18ClF2N. The second-order valence-corrected chi connectivity index (χ2v) is 4.22. The molecule has 0 radical (unpaired) electrons. The summed E-state index contributed by atoms with van der Waals surface area (Å²) in [5.74, 6) is -1.12. The average Bonchev–Trinajstić information content (AvgIpc) is 2.18. The Hall–Kier alpha value is -0.670. The first kappa shape index (κ1) is 15.3. The molecule has 1 atom stereocenters. The van der Waals surface area contributed by atoms with Gasteiger partial charge < -0.3 is 5.73 Å². The van der Waals surface area contributed by atoms with Crippen LogP contribution in [0.25, 0.3) is 0 Å². The molecule has 1 aromatic rings. The van der Waals surface area contributed by atoms with E-state index >= 15 is 0 Å². The summed E-state index contributed by atoms with van der Waals surface area (Å²) in [6, 6.07) is 3.73. The molecule has 1 nitrogen and oxygen atoms in total. The Bertz CT molecular complexity index is 329. The lowest BCUT2D eigenvalue weighted by Crippen LogP contribution is -2.13. The fourth-order valence-electron chi connectivity index (χ4n) is 1.48. The average molecular weight is 250 g/mol. The van der Waals surface area contributed by atoms with Crippen molar-refractivity contribution in [1.29, 1.82) is 0 Å². The lowest BCUT2D eigenvalue weighted by atomic mass is 9.98. The molecule has 0 amide bonds. The fraction of sp³-hybridized carbons (Fsp3) is 0.500. The third-order valence-corrected chi connectivity index (χ3v) is 2.44. The van der Waals surface area contributed by atoms with Gasteiger partial charge in [-0.1, -0.05) is 26.0 Å². The van der Waals surface area contributed by atoms with E-state index in [4.69, 9.17) is 5.73 Å². The van der Waals surface area contributed by atoms with Gasteiger partial charge in [0.2, 0.25) is 0 Å². The summed E-state index contributed by atoms with van der Waals surface area (Å²) < 4.78 is 26.2. The number of halogens is 3. The molecule has 0 aliphatic carbocycles. The maximum atomic E-state index is 13.3. The molecular weight excluding hydrogens is 232 g/mol. The van der Waals surface area contributed by atoms with Crippen molar-refractivity contribution in [2.24, 2.45) is 11.7 Å². The Morgan fingerprint density at radius 1 is 1.19 bits per heavy atom. The largest absolute Gasteiger partial charge is 0.324 e. The summed E-state index contributed by atoms with van der Waals surface area (Å²) in [5, 5.41) is 0. The molecule has 0 aromatic heterocycles. The van der Waals surface area contributed by atoms with Crippen molar-refractivity contribution in [3.8, 4) is 0 Å². The van der Waals surface area contributed by atoms with Gasteiger partial charge in [0.05, 0.1) is 0 Å². The van der Waals surface area contributed by atoms with Crippen LogP contribution < -0.4 is 5.73 Å². The quantitative estimate of drug-likeness (QED) is 0.863. The highest BCUT2D eigenvalue weighted by molar-refractivity contribution is 5.85. The molecule has 0 saturated heterocycles. The van der Waals surface area contributed by atoms with E-state index in [9.17, 15) is 8.78 Å². The maximum Gasteiger partial charge on any atom is 0.163 e. The topological polar surface area (TPSA) is 26.0 Å². The molecule has 0 saturated carbocycles. The maximum absolute atomic E-state index is 13.3. The van der Waals surface area contributed by atoms with Crippen molar-refractivity contribution in [2.45, 2.75) is 32.7 Å².